The first kappa shape index (κ1) is 21.4. The summed E-state index contributed by atoms with van der Waals surface area (Å²) >= 11 is 0. The van der Waals surface area contributed by atoms with Crippen LogP contribution in [0.25, 0.3) is 10.5 Å². The number of nitrogens with two attached hydrogens (primary N) is 1. The van der Waals surface area contributed by atoms with Crippen LogP contribution in [-0.4, -0.2) is 42.6 Å². The third kappa shape index (κ3) is 3.78. The van der Waals surface area contributed by atoms with E-state index in [9.17, 15) is 13.9 Å². The van der Waals surface area contributed by atoms with Crippen LogP contribution in [0.5, 0.6) is 0 Å². The number of rotatable bonds is 8. The Kier molecular flexibility index (Phi) is 5.89. The molecule has 0 atom stereocenters. The van der Waals surface area contributed by atoms with E-state index in [2.05, 4.69) is 25.3 Å². The Labute approximate surface area is 172 Å². The Bertz CT molecular complexity index is 1100. The predicted molar refractivity (Wildman–Crippen MR) is 109 cm³/mol. The zero-order valence-corrected chi connectivity index (χ0v) is 17.0. The first-order valence-corrected chi connectivity index (χ1v) is 9.49. The number of aliphatic hydroxyl groups is 1. The van der Waals surface area contributed by atoms with Crippen molar-refractivity contribution in [3.05, 3.63) is 40.6 Å². The SMILES string of the molecule is [C-]#[N+]c1c(NCCc2ccn(C(C)(C)CO)n2)nc2c(CC)c(C(F)F)nn2c1N. The van der Waals surface area contributed by atoms with Gasteiger partial charge in [-0.1, -0.05) is 6.92 Å². The molecule has 0 aliphatic heterocycles. The van der Waals surface area contributed by atoms with Gasteiger partial charge in [0.2, 0.25) is 0 Å². The van der Waals surface area contributed by atoms with Crippen LogP contribution in [0.3, 0.4) is 0 Å². The lowest BCUT2D eigenvalue weighted by Gasteiger charge is -2.22. The first-order valence-electron chi connectivity index (χ1n) is 9.49. The average Bonchev–Trinajstić information content (AvgIpc) is 3.33. The summed E-state index contributed by atoms with van der Waals surface area (Å²) in [5, 5.41) is 20.8. The molecule has 0 radical (unpaired) electrons. The van der Waals surface area contributed by atoms with Gasteiger partial charge >= 0.3 is 0 Å². The molecule has 0 aliphatic rings. The maximum atomic E-state index is 13.3. The average molecular weight is 418 g/mol. The Morgan fingerprint density at radius 1 is 1.37 bits per heavy atom. The van der Waals surface area contributed by atoms with Crippen LogP contribution in [0.1, 0.15) is 44.1 Å². The zero-order chi connectivity index (χ0) is 22.1. The molecule has 3 heterocycles. The van der Waals surface area contributed by atoms with Gasteiger partial charge in [0.1, 0.15) is 17.3 Å². The smallest absolute Gasteiger partial charge is 0.282 e. The number of nitrogen functional groups attached to an aromatic ring is 1. The van der Waals surface area contributed by atoms with Gasteiger partial charge in [-0.2, -0.15) is 10.2 Å². The van der Waals surface area contributed by atoms with Crippen molar-refractivity contribution in [2.45, 2.75) is 45.6 Å². The van der Waals surface area contributed by atoms with Crippen molar-refractivity contribution in [2.75, 3.05) is 24.2 Å². The highest BCUT2D eigenvalue weighted by Gasteiger charge is 2.24. The molecule has 0 spiro atoms. The van der Waals surface area contributed by atoms with E-state index in [4.69, 9.17) is 12.3 Å². The Hall–Kier alpha value is -3.26. The van der Waals surface area contributed by atoms with Crippen LogP contribution < -0.4 is 11.1 Å². The number of fused-ring (bicyclic) bond motifs is 1. The van der Waals surface area contributed by atoms with E-state index in [1.807, 2.05) is 19.9 Å². The van der Waals surface area contributed by atoms with E-state index in [0.29, 0.717) is 24.9 Å². The Balaban J connectivity index is 1.86. The summed E-state index contributed by atoms with van der Waals surface area (Å²) in [5.41, 5.74) is 6.50. The second-order valence-electron chi connectivity index (χ2n) is 7.46. The van der Waals surface area contributed by atoms with Crippen LogP contribution in [0.15, 0.2) is 12.3 Å². The first-order chi connectivity index (χ1) is 14.2. The fourth-order valence-corrected chi connectivity index (χ4v) is 3.08. The number of aliphatic hydroxyl groups excluding tert-OH is 1. The van der Waals surface area contributed by atoms with E-state index in [1.165, 1.54) is 0 Å². The lowest BCUT2D eigenvalue weighted by molar-refractivity contribution is 0.144. The molecule has 0 saturated carbocycles. The molecule has 3 rings (SSSR count). The lowest BCUT2D eigenvalue weighted by atomic mass is 10.1. The van der Waals surface area contributed by atoms with Crippen LogP contribution in [0.2, 0.25) is 0 Å². The summed E-state index contributed by atoms with van der Waals surface area (Å²) in [7, 11) is 0. The highest BCUT2D eigenvalue weighted by Crippen LogP contribution is 2.34. The quantitative estimate of drug-likeness (QED) is 0.485. The topological polar surface area (TPSA) is 111 Å². The fraction of sp³-hybridized carbons (Fsp3) is 0.474. The molecule has 0 fully saturated rings. The number of hydrogen-bond acceptors (Lipinski definition) is 6. The molecule has 3 aromatic rings. The summed E-state index contributed by atoms with van der Waals surface area (Å²) < 4.78 is 29.5. The summed E-state index contributed by atoms with van der Waals surface area (Å²) in [6.45, 7) is 13.3. The van der Waals surface area contributed by atoms with Crippen LogP contribution in [0.4, 0.5) is 26.1 Å². The molecule has 9 nitrogen and oxygen atoms in total. The molecule has 0 saturated heterocycles. The summed E-state index contributed by atoms with van der Waals surface area (Å²) in [6.07, 6.45) is -0.123. The molecule has 0 bridgehead atoms. The van der Waals surface area contributed by atoms with Crippen molar-refractivity contribution in [3.63, 3.8) is 0 Å². The second-order valence-corrected chi connectivity index (χ2v) is 7.46. The highest BCUT2D eigenvalue weighted by molar-refractivity contribution is 5.80. The largest absolute Gasteiger partial charge is 0.394 e. The van der Waals surface area contributed by atoms with Crippen molar-refractivity contribution in [1.29, 1.82) is 0 Å². The maximum Gasteiger partial charge on any atom is 0.282 e. The minimum absolute atomic E-state index is 0.0282. The van der Waals surface area contributed by atoms with Crippen molar-refractivity contribution < 1.29 is 13.9 Å². The van der Waals surface area contributed by atoms with Crippen molar-refractivity contribution in [2.24, 2.45) is 0 Å². The van der Waals surface area contributed by atoms with Crippen LogP contribution >= 0.6 is 0 Å². The van der Waals surface area contributed by atoms with E-state index in [1.54, 1.807) is 17.8 Å². The third-order valence-electron chi connectivity index (χ3n) is 4.90. The summed E-state index contributed by atoms with van der Waals surface area (Å²) in [5.74, 6) is 0.189. The van der Waals surface area contributed by atoms with Gasteiger partial charge < -0.3 is 16.2 Å². The molecule has 0 aliphatic carbocycles. The van der Waals surface area contributed by atoms with Crippen LogP contribution in [-0.2, 0) is 18.4 Å². The van der Waals surface area contributed by atoms with Crippen molar-refractivity contribution in [3.8, 4) is 0 Å². The second kappa shape index (κ2) is 8.23. The predicted octanol–water partition coefficient (Wildman–Crippen LogP) is 2.94. The number of aromatic nitrogens is 5. The van der Waals surface area contributed by atoms with Gasteiger partial charge in [-0.3, -0.25) is 4.68 Å². The number of hydrogen-bond donors (Lipinski definition) is 3. The minimum atomic E-state index is -2.76. The number of halogens is 2. The summed E-state index contributed by atoms with van der Waals surface area (Å²) in [4.78, 5) is 7.78. The molecule has 3 aromatic heterocycles. The lowest BCUT2D eigenvalue weighted by Crippen LogP contribution is -2.31. The molecule has 11 heteroatoms. The third-order valence-corrected chi connectivity index (χ3v) is 4.90. The van der Waals surface area contributed by atoms with E-state index < -0.39 is 12.0 Å². The highest BCUT2D eigenvalue weighted by atomic mass is 19.3. The Morgan fingerprint density at radius 2 is 2.10 bits per heavy atom. The normalized spacial score (nSPS) is 11.9. The fourth-order valence-electron chi connectivity index (χ4n) is 3.08. The molecule has 4 N–H and O–H groups in total. The molecular weight excluding hydrogens is 394 g/mol. The van der Waals surface area contributed by atoms with Gasteiger partial charge in [0, 0.05) is 24.7 Å². The van der Waals surface area contributed by atoms with E-state index in [0.717, 1.165) is 10.2 Å². The number of aryl methyl sites for hydroxylation is 1. The number of alkyl halides is 2. The van der Waals surface area contributed by atoms with Gasteiger partial charge in [-0.15, -0.1) is 0 Å². The number of anilines is 2. The molecule has 0 aromatic carbocycles. The summed E-state index contributed by atoms with van der Waals surface area (Å²) in [6, 6.07) is 1.85. The molecule has 0 amide bonds. The molecule has 30 heavy (non-hydrogen) atoms. The van der Waals surface area contributed by atoms with Gasteiger partial charge in [-0.25, -0.2) is 23.1 Å². The van der Waals surface area contributed by atoms with Crippen molar-refractivity contribution >= 4 is 23.0 Å². The van der Waals surface area contributed by atoms with Gasteiger partial charge in [0.05, 0.1) is 24.4 Å². The standard InChI is InChI=1S/C19H24F2N8O/c1-5-12-13(15(20)21)27-29-16(22)14(23-4)17(25-18(12)29)24-8-6-11-7-9-28(26-11)19(2,3)10-30/h7,9,15,30H,5-6,8,10,22H2,1-3H3,(H,24,25). The van der Waals surface area contributed by atoms with Crippen molar-refractivity contribution in [1.82, 2.24) is 24.4 Å². The van der Waals surface area contributed by atoms with Gasteiger partial charge in [-0.05, 0) is 26.3 Å². The van der Waals surface area contributed by atoms with E-state index in [-0.39, 0.29) is 35.3 Å². The van der Waals surface area contributed by atoms with Gasteiger partial charge in [0.25, 0.3) is 12.1 Å². The maximum absolute atomic E-state index is 13.3. The minimum Gasteiger partial charge on any atom is -0.394 e. The molecule has 160 valence electrons. The monoisotopic (exact) mass is 418 g/mol. The zero-order valence-electron chi connectivity index (χ0n) is 17.0. The van der Waals surface area contributed by atoms with E-state index >= 15 is 0 Å². The molecule has 0 unspecified atom stereocenters. The van der Waals surface area contributed by atoms with Gasteiger partial charge in [0.15, 0.2) is 5.65 Å². The Morgan fingerprint density at radius 3 is 2.70 bits per heavy atom. The molecular formula is C19H24F2N8O. The number of nitrogens with one attached hydrogen (secondary N) is 1. The number of nitrogens with zero attached hydrogens (tertiary/aromatic N) is 6. The van der Waals surface area contributed by atoms with Crippen LogP contribution in [0, 0.1) is 6.57 Å².